The van der Waals surface area contributed by atoms with Gasteiger partial charge >= 0.3 is 0 Å². The summed E-state index contributed by atoms with van der Waals surface area (Å²) in [6.45, 7) is 2.07. The summed E-state index contributed by atoms with van der Waals surface area (Å²) in [5.41, 5.74) is 9.13. The minimum Gasteiger partial charge on any atom is -0.255 e. The molecule has 0 aliphatic rings. The molecule has 3 aromatic heterocycles. The molecule has 0 saturated heterocycles. The molecule has 3 heterocycles. The van der Waals surface area contributed by atoms with E-state index in [-0.39, 0.29) is 5.82 Å². The van der Waals surface area contributed by atoms with Crippen LogP contribution in [0, 0.1) is 12.7 Å². The summed E-state index contributed by atoms with van der Waals surface area (Å²) in [4.78, 5) is 19.5. The number of aromatic nitrogens is 4. The molecule has 0 aliphatic heterocycles. The van der Waals surface area contributed by atoms with Crippen molar-refractivity contribution in [3.63, 3.8) is 0 Å². The number of pyridine rings is 2. The fourth-order valence-electron chi connectivity index (χ4n) is 4.33. The van der Waals surface area contributed by atoms with Crippen molar-refractivity contribution in [3.8, 4) is 45.0 Å². The second-order valence-corrected chi connectivity index (χ2v) is 8.58. The van der Waals surface area contributed by atoms with E-state index in [0.717, 1.165) is 39.0 Å². The van der Waals surface area contributed by atoms with Gasteiger partial charge in [0.2, 0.25) is 0 Å². The number of hydrogen-bond donors (Lipinski definition) is 0. The third kappa shape index (κ3) is 4.01. The average Bonchev–Trinajstić information content (AvgIpc) is 2.94. The number of benzene rings is 3. The Morgan fingerprint density at radius 2 is 1.00 bits per heavy atom. The third-order valence-electron chi connectivity index (χ3n) is 6.16. The Kier molecular flexibility index (Phi) is 5.51. The number of halogens is 1. The van der Waals surface area contributed by atoms with Crippen LogP contribution in [0.25, 0.3) is 56.1 Å². The lowest BCUT2D eigenvalue weighted by atomic mass is 9.96. The second-order valence-electron chi connectivity index (χ2n) is 8.58. The Hall–Kier alpha value is -4.77. The van der Waals surface area contributed by atoms with E-state index < -0.39 is 0 Å². The molecule has 0 atom stereocenters. The molecule has 0 amide bonds. The Labute approximate surface area is 208 Å². The summed E-state index contributed by atoms with van der Waals surface area (Å²) in [6.07, 6.45) is 3.49. The predicted molar refractivity (Wildman–Crippen MR) is 142 cm³/mol. The van der Waals surface area contributed by atoms with E-state index in [1.807, 2.05) is 42.5 Å². The quantitative estimate of drug-likeness (QED) is 0.268. The van der Waals surface area contributed by atoms with Crippen LogP contribution in [0.15, 0.2) is 109 Å². The lowest BCUT2D eigenvalue weighted by Crippen LogP contribution is -2.00. The van der Waals surface area contributed by atoms with Gasteiger partial charge in [-0.1, -0.05) is 66.2 Å². The van der Waals surface area contributed by atoms with Gasteiger partial charge in [-0.15, -0.1) is 0 Å². The summed E-state index contributed by atoms with van der Waals surface area (Å²) in [5.74, 6) is -0.281. The van der Waals surface area contributed by atoms with E-state index in [1.54, 1.807) is 24.5 Å². The molecule has 0 N–H and O–H groups in total. The maximum Gasteiger partial charge on any atom is 0.123 e. The van der Waals surface area contributed by atoms with Crippen molar-refractivity contribution in [1.82, 2.24) is 19.9 Å². The SMILES string of the molecule is Cc1ccc(-c2ccc(-c3ccc(F)cc3)c3nc(-c4ccccn4)c(-c4ccccn4)nc23)cc1. The summed E-state index contributed by atoms with van der Waals surface area (Å²) in [6, 6.07) is 30.4. The maximum atomic E-state index is 13.7. The highest BCUT2D eigenvalue weighted by atomic mass is 19.1. The van der Waals surface area contributed by atoms with Gasteiger partial charge < -0.3 is 0 Å². The zero-order valence-electron chi connectivity index (χ0n) is 19.6. The van der Waals surface area contributed by atoms with Crippen LogP contribution >= 0.6 is 0 Å². The molecule has 5 heteroatoms. The van der Waals surface area contributed by atoms with Crippen LogP contribution in [0.5, 0.6) is 0 Å². The first-order chi connectivity index (χ1) is 17.7. The topological polar surface area (TPSA) is 51.6 Å². The Bertz CT molecular complexity index is 1540. The molecule has 0 aliphatic carbocycles. The Morgan fingerprint density at radius 3 is 1.44 bits per heavy atom. The van der Waals surface area contributed by atoms with E-state index in [9.17, 15) is 4.39 Å². The van der Waals surface area contributed by atoms with E-state index in [2.05, 4.69) is 47.2 Å². The minimum atomic E-state index is -0.281. The first-order valence-electron chi connectivity index (χ1n) is 11.7. The van der Waals surface area contributed by atoms with E-state index in [4.69, 9.17) is 9.97 Å². The summed E-state index contributed by atoms with van der Waals surface area (Å²) < 4.78 is 13.7. The molecule has 0 fully saturated rings. The first-order valence-corrected chi connectivity index (χ1v) is 11.7. The summed E-state index contributed by atoms with van der Waals surface area (Å²) in [7, 11) is 0. The van der Waals surface area contributed by atoms with Gasteiger partial charge in [0.1, 0.15) is 17.2 Å². The number of rotatable bonds is 4. The number of hydrogen-bond acceptors (Lipinski definition) is 4. The predicted octanol–water partition coefficient (Wildman–Crippen LogP) is 7.54. The molecule has 0 radical (unpaired) electrons. The van der Waals surface area contributed by atoms with Gasteiger partial charge in [0.25, 0.3) is 0 Å². The van der Waals surface area contributed by atoms with Crippen molar-refractivity contribution in [2.75, 3.05) is 0 Å². The van der Waals surface area contributed by atoms with Crippen molar-refractivity contribution in [1.29, 1.82) is 0 Å². The maximum absolute atomic E-state index is 13.7. The van der Waals surface area contributed by atoms with Gasteiger partial charge in [-0.3, -0.25) is 9.97 Å². The van der Waals surface area contributed by atoms with Gasteiger partial charge in [-0.2, -0.15) is 0 Å². The molecule has 4 nitrogen and oxygen atoms in total. The van der Waals surface area contributed by atoms with Crippen LogP contribution < -0.4 is 0 Å². The Balaban J connectivity index is 1.72. The molecule has 36 heavy (non-hydrogen) atoms. The molecule has 172 valence electrons. The standard InChI is InChI=1S/C31H21FN4/c1-20-8-10-21(11-9-20)24-16-17-25(22-12-14-23(32)15-13-22)29-28(24)35-30(26-6-2-4-18-33-26)31(36-29)27-7-3-5-19-34-27/h2-19H,1H3. The molecule has 0 unspecified atom stereocenters. The van der Waals surface area contributed by atoms with E-state index >= 15 is 0 Å². The highest BCUT2D eigenvalue weighted by Gasteiger charge is 2.20. The molecular weight excluding hydrogens is 447 g/mol. The third-order valence-corrected chi connectivity index (χ3v) is 6.16. The zero-order chi connectivity index (χ0) is 24.5. The van der Waals surface area contributed by atoms with Crippen molar-refractivity contribution in [2.45, 2.75) is 6.92 Å². The van der Waals surface area contributed by atoms with Crippen LogP contribution in [0.4, 0.5) is 4.39 Å². The van der Waals surface area contributed by atoms with Gasteiger partial charge in [0.05, 0.1) is 22.4 Å². The van der Waals surface area contributed by atoms with Gasteiger partial charge in [0.15, 0.2) is 0 Å². The molecule has 0 bridgehead atoms. The summed E-state index contributed by atoms with van der Waals surface area (Å²) in [5, 5.41) is 0. The zero-order valence-corrected chi connectivity index (χ0v) is 19.6. The summed E-state index contributed by atoms with van der Waals surface area (Å²) >= 11 is 0. The smallest absolute Gasteiger partial charge is 0.123 e. The highest BCUT2D eigenvalue weighted by molar-refractivity contribution is 6.02. The van der Waals surface area contributed by atoms with Gasteiger partial charge in [0, 0.05) is 23.5 Å². The molecule has 0 saturated carbocycles. The number of aryl methyl sites for hydroxylation is 1. The Morgan fingerprint density at radius 1 is 0.528 bits per heavy atom. The van der Waals surface area contributed by atoms with Crippen LogP contribution in [0.3, 0.4) is 0 Å². The van der Waals surface area contributed by atoms with E-state index in [1.165, 1.54) is 17.7 Å². The van der Waals surface area contributed by atoms with Crippen molar-refractivity contribution in [3.05, 3.63) is 121 Å². The van der Waals surface area contributed by atoms with Gasteiger partial charge in [-0.25, -0.2) is 14.4 Å². The van der Waals surface area contributed by atoms with Crippen molar-refractivity contribution in [2.24, 2.45) is 0 Å². The molecule has 6 rings (SSSR count). The van der Waals surface area contributed by atoms with Crippen molar-refractivity contribution >= 4 is 11.0 Å². The van der Waals surface area contributed by atoms with Crippen LogP contribution in [-0.4, -0.2) is 19.9 Å². The molecule has 6 aromatic rings. The first kappa shape index (κ1) is 21.7. The lowest BCUT2D eigenvalue weighted by molar-refractivity contribution is 0.628. The van der Waals surface area contributed by atoms with E-state index in [0.29, 0.717) is 17.1 Å². The van der Waals surface area contributed by atoms with Crippen LogP contribution in [0.1, 0.15) is 5.56 Å². The molecule has 3 aromatic carbocycles. The highest BCUT2D eigenvalue weighted by Crippen LogP contribution is 2.37. The minimum absolute atomic E-state index is 0.281. The monoisotopic (exact) mass is 468 g/mol. The number of nitrogens with zero attached hydrogens (tertiary/aromatic N) is 4. The fourth-order valence-corrected chi connectivity index (χ4v) is 4.33. The molecular formula is C31H21FN4. The second kappa shape index (κ2) is 9.12. The fraction of sp³-hybridized carbons (Fsp3) is 0.0323. The van der Waals surface area contributed by atoms with Crippen LogP contribution in [-0.2, 0) is 0 Å². The molecule has 0 spiro atoms. The average molecular weight is 469 g/mol. The lowest BCUT2D eigenvalue weighted by Gasteiger charge is -2.15. The normalized spacial score (nSPS) is 11.1. The van der Waals surface area contributed by atoms with Crippen LogP contribution in [0.2, 0.25) is 0 Å². The number of fused-ring (bicyclic) bond motifs is 1. The van der Waals surface area contributed by atoms with Gasteiger partial charge in [-0.05, 0) is 54.4 Å². The van der Waals surface area contributed by atoms with Crippen molar-refractivity contribution < 1.29 is 4.39 Å². The largest absolute Gasteiger partial charge is 0.255 e.